The third-order valence-corrected chi connectivity index (χ3v) is 4.33. The molecule has 1 aliphatic rings. The molecule has 0 aromatic carbocycles. The molecule has 1 aliphatic heterocycles. The Morgan fingerprint density at radius 1 is 1.61 bits per heavy atom. The van der Waals surface area contributed by atoms with Crippen molar-refractivity contribution >= 4 is 34.5 Å². The Labute approximate surface area is 115 Å². The zero-order valence-corrected chi connectivity index (χ0v) is 11.5. The van der Waals surface area contributed by atoms with Gasteiger partial charge in [0, 0.05) is 24.3 Å². The van der Waals surface area contributed by atoms with Crippen molar-refractivity contribution in [1.82, 2.24) is 10.3 Å². The fraction of sp³-hybridized carbons (Fsp3) is 0.545. The van der Waals surface area contributed by atoms with Gasteiger partial charge in [-0.1, -0.05) is 12.2 Å². The van der Waals surface area contributed by atoms with E-state index in [1.807, 2.05) is 0 Å². The second-order valence-corrected chi connectivity index (χ2v) is 5.62. The van der Waals surface area contributed by atoms with Crippen LogP contribution in [0, 0.1) is 5.41 Å². The van der Waals surface area contributed by atoms with Gasteiger partial charge in [-0.25, -0.2) is 0 Å². The van der Waals surface area contributed by atoms with E-state index in [9.17, 15) is 4.79 Å². The minimum atomic E-state index is -0.752. The lowest BCUT2D eigenvalue weighted by Gasteiger charge is -2.34. The number of nitrogens with two attached hydrogens (primary N) is 1. The number of ether oxygens (including phenoxy) is 1. The van der Waals surface area contributed by atoms with E-state index in [2.05, 4.69) is 10.3 Å². The summed E-state index contributed by atoms with van der Waals surface area (Å²) in [5, 5.41) is 2.89. The number of aromatic nitrogens is 1. The van der Waals surface area contributed by atoms with Crippen molar-refractivity contribution in [3.63, 3.8) is 0 Å². The van der Waals surface area contributed by atoms with Crippen LogP contribution in [0.15, 0.2) is 11.7 Å². The maximum atomic E-state index is 12.3. The van der Waals surface area contributed by atoms with Crippen molar-refractivity contribution in [2.75, 3.05) is 13.2 Å². The Morgan fingerprint density at radius 3 is 2.89 bits per heavy atom. The first-order chi connectivity index (χ1) is 8.65. The fourth-order valence-electron chi connectivity index (χ4n) is 1.97. The monoisotopic (exact) mass is 285 g/mol. The fourth-order valence-corrected chi connectivity index (χ4v) is 2.80. The average Bonchev–Trinajstić information content (AvgIpc) is 2.89. The van der Waals surface area contributed by atoms with Crippen molar-refractivity contribution in [2.24, 2.45) is 11.1 Å². The van der Waals surface area contributed by atoms with Crippen LogP contribution >= 0.6 is 23.6 Å². The number of thiocarbonyl (C=S) groups is 1. The maximum absolute atomic E-state index is 12.3. The molecule has 0 bridgehead atoms. The molecule has 18 heavy (non-hydrogen) atoms. The Morgan fingerprint density at radius 2 is 2.33 bits per heavy atom. The Kier molecular flexibility index (Phi) is 4.26. The highest BCUT2D eigenvalue weighted by molar-refractivity contribution is 7.80. The van der Waals surface area contributed by atoms with Gasteiger partial charge in [-0.2, -0.15) is 0 Å². The lowest BCUT2D eigenvalue weighted by atomic mass is 9.79. The van der Waals surface area contributed by atoms with Crippen molar-refractivity contribution in [3.8, 4) is 0 Å². The molecule has 0 saturated carbocycles. The van der Waals surface area contributed by atoms with Crippen LogP contribution in [-0.4, -0.2) is 29.1 Å². The quantitative estimate of drug-likeness (QED) is 0.802. The van der Waals surface area contributed by atoms with Gasteiger partial charge in [0.1, 0.15) is 5.41 Å². The Hall–Kier alpha value is -1.05. The molecule has 5 nitrogen and oxygen atoms in total. The topological polar surface area (TPSA) is 77.2 Å². The average molecular weight is 285 g/mol. The third kappa shape index (κ3) is 2.68. The van der Waals surface area contributed by atoms with Crippen molar-refractivity contribution < 1.29 is 9.53 Å². The summed E-state index contributed by atoms with van der Waals surface area (Å²) >= 11 is 6.57. The minimum Gasteiger partial charge on any atom is -0.392 e. The van der Waals surface area contributed by atoms with E-state index >= 15 is 0 Å². The van der Waals surface area contributed by atoms with E-state index in [0.717, 1.165) is 4.88 Å². The molecule has 0 atom stereocenters. The van der Waals surface area contributed by atoms with Crippen molar-refractivity contribution in [2.45, 2.75) is 19.4 Å². The van der Waals surface area contributed by atoms with Gasteiger partial charge in [0.05, 0.1) is 17.0 Å². The molecule has 0 unspecified atom stereocenters. The predicted molar refractivity (Wildman–Crippen MR) is 73.2 cm³/mol. The Balaban J connectivity index is 2.02. The van der Waals surface area contributed by atoms with Gasteiger partial charge >= 0.3 is 0 Å². The number of carbonyl (C=O) groups is 1. The smallest absolute Gasteiger partial charge is 0.233 e. The molecular formula is C11H15N3O2S2. The van der Waals surface area contributed by atoms with Crippen LogP contribution in [0.5, 0.6) is 0 Å². The number of nitrogens with one attached hydrogen (secondary N) is 1. The number of hydrogen-bond donors (Lipinski definition) is 2. The van der Waals surface area contributed by atoms with Crippen molar-refractivity contribution in [3.05, 3.63) is 16.6 Å². The second kappa shape index (κ2) is 5.73. The molecule has 2 heterocycles. The van der Waals surface area contributed by atoms with E-state index in [-0.39, 0.29) is 10.9 Å². The van der Waals surface area contributed by atoms with E-state index in [0.29, 0.717) is 32.6 Å². The van der Waals surface area contributed by atoms with Gasteiger partial charge in [0.25, 0.3) is 0 Å². The van der Waals surface area contributed by atoms with E-state index < -0.39 is 5.41 Å². The highest BCUT2D eigenvalue weighted by Gasteiger charge is 2.42. The molecule has 0 radical (unpaired) electrons. The van der Waals surface area contributed by atoms with E-state index in [1.54, 1.807) is 11.7 Å². The number of nitrogens with zero attached hydrogens (tertiary/aromatic N) is 1. The van der Waals surface area contributed by atoms with Gasteiger partial charge < -0.3 is 15.8 Å². The first-order valence-corrected chi connectivity index (χ1v) is 6.97. The molecule has 3 N–H and O–H groups in total. The molecule has 1 fully saturated rings. The van der Waals surface area contributed by atoms with Crippen LogP contribution in [0.2, 0.25) is 0 Å². The van der Waals surface area contributed by atoms with Crippen LogP contribution in [-0.2, 0) is 16.1 Å². The summed E-state index contributed by atoms with van der Waals surface area (Å²) < 4.78 is 5.27. The van der Waals surface area contributed by atoms with Gasteiger partial charge in [0.15, 0.2) is 0 Å². The molecule has 2 rings (SSSR count). The highest BCUT2D eigenvalue weighted by atomic mass is 32.1. The minimum absolute atomic E-state index is 0.105. The number of amides is 1. The van der Waals surface area contributed by atoms with Gasteiger partial charge in [0.2, 0.25) is 5.91 Å². The van der Waals surface area contributed by atoms with Crippen LogP contribution < -0.4 is 11.1 Å². The number of hydrogen-bond acceptors (Lipinski definition) is 5. The molecule has 0 aliphatic carbocycles. The maximum Gasteiger partial charge on any atom is 0.233 e. The Bertz CT molecular complexity index is 428. The van der Waals surface area contributed by atoms with Crippen LogP contribution in [0.3, 0.4) is 0 Å². The number of thiazole rings is 1. The molecule has 1 saturated heterocycles. The summed E-state index contributed by atoms with van der Waals surface area (Å²) in [6, 6.07) is 0. The summed E-state index contributed by atoms with van der Waals surface area (Å²) in [6.07, 6.45) is 2.84. The third-order valence-electron chi connectivity index (χ3n) is 3.16. The first-order valence-electron chi connectivity index (χ1n) is 5.68. The molecule has 98 valence electrons. The SMILES string of the molecule is NC(=S)C1(C(=O)NCc2cncs2)CCOCC1. The summed E-state index contributed by atoms with van der Waals surface area (Å²) in [5.74, 6) is -0.105. The van der Waals surface area contributed by atoms with Crippen LogP contribution in [0.4, 0.5) is 0 Å². The lowest BCUT2D eigenvalue weighted by Crippen LogP contribution is -2.51. The molecule has 1 amide bonds. The van der Waals surface area contributed by atoms with Gasteiger partial charge in [-0.15, -0.1) is 11.3 Å². The zero-order valence-electron chi connectivity index (χ0n) is 9.85. The van der Waals surface area contributed by atoms with Gasteiger partial charge in [-0.3, -0.25) is 9.78 Å². The highest BCUT2D eigenvalue weighted by Crippen LogP contribution is 2.31. The normalized spacial score (nSPS) is 18.2. The summed E-state index contributed by atoms with van der Waals surface area (Å²) in [4.78, 5) is 17.5. The summed E-state index contributed by atoms with van der Waals surface area (Å²) in [7, 11) is 0. The summed E-state index contributed by atoms with van der Waals surface area (Å²) in [5.41, 5.74) is 6.74. The second-order valence-electron chi connectivity index (χ2n) is 4.21. The van der Waals surface area contributed by atoms with E-state index in [1.165, 1.54) is 11.3 Å². The molecule has 1 aromatic heterocycles. The lowest BCUT2D eigenvalue weighted by molar-refractivity contribution is -0.131. The molecule has 7 heteroatoms. The van der Waals surface area contributed by atoms with Crippen molar-refractivity contribution in [1.29, 1.82) is 0 Å². The standard InChI is InChI=1S/C11H15N3O2S2/c12-9(17)11(1-3-16-4-2-11)10(15)14-6-8-5-13-7-18-8/h5,7H,1-4,6H2,(H2,12,17)(H,14,15). The van der Waals surface area contributed by atoms with Gasteiger partial charge in [-0.05, 0) is 12.8 Å². The predicted octanol–water partition coefficient (Wildman–Crippen LogP) is 0.842. The summed E-state index contributed by atoms with van der Waals surface area (Å²) in [6.45, 7) is 1.51. The first kappa shape index (κ1) is 13.4. The molecular weight excluding hydrogens is 270 g/mol. The van der Waals surface area contributed by atoms with Crippen LogP contribution in [0.1, 0.15) is 17.7 Å². The number of rotatable bonds is 4. The largest absolute Gasteiger partial charge is 0.392 e. The number of carbonyl (C=O) groups excluding carboxylic acids is 1. The molecule has 0 spiro atoms. The molecule has 1 aromatic rings. The van der Waals surface area contributed by atoms with Crippen LogP contribution in [0.25, 0.3) is 0 Å². The van der Waals surface area contributed by atoms with E-state index in [4.69, 9.17) is 22.7 Å². The zero-order chi connectivity index (χ0) is 13.0.